The first-order valence-corrected chi connectivity index (χ1v) is 17.3. The fourth-order valence-corrected chi connectivity index (χ4v) is 7.10. The number of imidazole rings is 1. The molecule has 1 aliphatic heterocycles. The van der Waals surface area contributed by atoms with Crippen molar-refractivity contribution < 1.29 is 19.4 Å². The fraction of sp³-hybridized carbons (Fsp3) is 0.306. The van der Waals surface area contributed by atoms with Gasteiger partial charge in [0, 0.05) is 49.3 Å². The number of aromatic nitrogens is 4. The lowest BCUT2D eigenvalue weighted by atomic mass is 9.92. The second-order valence-corrected chi connectivity index (χ2v) is 14.5. The van der Waals surface area contributed by atoms with Gasteiger partial charge in [0.15, 0.2) is 4.96 Å². The Morgan fingerprint density at radius 2 is 1.88 bits per heavy atom. The number of thiazole rings is 1. The zero-order valence-electron chi connectivity index (χ0n) is 27.8. The first-order chi connectivity index (χ1) is 23.5. The first-order valence-electron chi connectivity index (χ1n) is 16.1. The van der Waals surface area contributed by atoms with E-state index in [1.807, 2.05) is 63.2 Å². The second-order valence-electron chi connectivity index (χ2n) is 13.1. The SMILES string of the molecule is Cc1nc2sc3cc(Oc4ccccc4CNC(=O)Nc4cc(C(C)(C)C)nn4-c4ccc(O)c(Cl)c4)ccc3n2c1CN1CCOCC1. The molecule has 254 valence electrons. The van der Waals surface area contributed by atoms with Gasteiger partial charge in [-0.2, -0.15) is 5.10 Å². The monoisotopic (exact) mass is 699 g/mol. The predicted molar refractivity (Wildman–Crippen MR) is 193 cm³/mol. The molecule has 1 aliphatic rings. The number of aromatic hydroxyl groups is 1. The van der Waals surface area contributed by atoms with Crippen molar-refractivity contribution in [3.63, 3.8) is 0 Å². The minimum absolute atomic E-state index is 0.0315. The molecular weight excluding hydrogens is 662 g/mol. The van der Waals surface area contributed by atoms with E-state index in [1.165, 1.54) is 11.8 Å². The van der Waals surface area contributed by atoms with Crippen LogP contribution in [0.3, 0.4) is 0 Å². The number of hydrogen-bond acceptors (Lipinski definition) is 8. The van der Waals surface area contributed by atoms with Crippen LogP contribution < -0.4 is 15.4 Å². The van der Waals surface area contributed by atoms with Crippen LogP contribution in [-0.2, 0) is 23.2 Å². The number of hydrogen-bond donors (Lipinski definition) is 3. The third-order valence-corrected chi connectivity index (χ3v) is 9.83. The van der Waals surface area contributed by atoms with Crippen LogP contribution in [0.2, 0.25) is 5.02 Å². The molecule has 3 aromatic carbocycles. The minimum Gasteiger partial charge on any atom is -0.506 e. The first kappa shape index (κ1) is 32.9. The summed E-state index contributed by atoms with van der Waals surface area (Å²) in [5.74, 6) is 1.78. The van der Waals surface area contributed by atoms with Gasteiger partial charge in [0.25, 0.3) is 0 Å². The zero-order valence-corrected chi connectivity index (χ0v) is 29.4. The molecular formula is C36H38ClN7O4S. The van der Waals surface area contributed by atoms with Gasteiger partial charge in [-0.3, -0.25) is 14.6 Å². The molecule has 0 atom stereocenters. The number of anilines is 1. The van der Waals surface area contributed by atoms with Gasteiger partial charge in [-0.25, -0.2) is 14.5 Å². The molecule has 0 radical (unpaired) electrons. The van der Waals surface area contributed by atoms with Crippen LogP contribution in [0.5, 0.6) is 17.2 Å². The van der Waals surface area contributed by atoms with E-state index in [1.54, 1.807) is 28.2 Å². The molecule has 49 heavy (non-hydrogen) atoms. The fourth-order valence-electron chi connectivity index (χ4n) is 5.80. The van der Waals surface area contributed by atoms with Crippen molar-refractivity contribution in [1.82, 2.24) is 29.4 Å². The summed E-state index contributed by atoms with van der Waals surface area (Å²) in [5.41, 5.74) is 5.29. The summed E-state index contributed by atoms with van der Waals surface area (Å²) in [4.78, 5) is 21.5. The number of fused-ring (bicyclic) bond motifs is 3. The van der Waals surface area contributed by atoms with Gasteiger partial charge in [-0.15, -0.1) is 0 Å². The molecule has 4 heterocycles. The lowest BCUT2D eigenvalue weighted by Crippen LogP contribution is -2.36. The number of amides is 2. The van der Waals surface area contributed by atoms with E-state index in [0.29, 0.717) is 23.0 Å². The van der Waals surface area contributed by atoms with Gasteiger partial charge in [-0.05, 0) is 43.3 Å². The number of nitrogens with one attached hydrogen (secondary N) is 2. The molecule has 0 aliphatic carbocycles. The number of phenols is 1. The van der Waals surface area contributed by atoms with Crippen molar-refractivity contribution in [3.8, 4) is 22.9 Å². The van der Waals surface area contributed by atoms with Crippen molar-refractivity contribution in [1.29, 1.82) is 0 Å². The number of ether oxygens (including phenoxy) is 2. The molecule has 13 heteroatoms. The summed E-state index contributed by atoms with van der Waals surface area (Å²) in [6, 6.07) is 20.0. The average Bonchev–Trinajstić information content (AvgIpc) is 3.74. The number of carbonyl (C=O) groups excluding carboxylic acids is 1. The molecule has 6 aromatic rings. The smallest absolute Gasteiger partial charge is 0.320 e. The lowest BCUT2D eigenvalue weighted by molar-refractivity contribution is 0.0335. The number of para-hydroxylation sites is 1. The highest BCUT2D eigenvalue weighted by Crippen LogP contribution is 2.35. The Hall–Kier alpha value is -4.62. The molecule has 0 spiro atoms. The number of urea groups is 1. The molecule has 11 nitrogen and oxygen atoms in total. The zero-order chi connectivity index (χ0) is 34.3. The van der Waals surface area contributed by atoms with Gasteiger partial charge in [0.2, 0.25) is 0 Å². The number of aryl methyl sites for hydroxylation is 1. The van der Waals surface area contributed by atoms with E-state index in [2.05, 4.69) is 32.9 Å². The number of phenolic OH excluding ortho intramolecular Hbond substituents is 1. The standard InChI is InChI=1S/C36H38ClN7O4S/c1-22-28(21-42-13-15-47-16-14-42)43-27-11-10-25(18-31(27)49-35(43)39-22)48-30-8-6-5-7-23(30)20-38-34(46)40-33-19-32(36(2,3)4)41-44(33)24-9-12-29(45)26(37)17-24/h5-12,17-19,45H,13-16,20-21H2,1-4H3,(H2,38,40,46). The largest absolute Gasteiger partial charge is 0.506 e. The van der Waals surface area contributed by atoms with E-state index in [9.17, 15) is 9.90 Å². The normalized spacial score (nSPS) is 14.1. The van der Waals surface area contributed by atoms with Crippen LogP contribution in [0, 0.1) is 6.92 Å². The topological polar surface area (TPSA) is 118 Å². The Labute approximate surface area is 293 Å². The van der Waals surface area contributed by atoms with Crippen LogP contribution in [0.4, 0.5) is 10.6 Å². The predicted octanol–water partition coefficient (Wildman–Crippen LogP) is 7.65. The molecule has 3 N–H and O–H groups in total. The number of rotatable bonds is 8. The molecule has 3 aromatic heterocycles. The third kappa shape index (κ3) is 6.95. The number of halogens is 1. The van der Waals surface area contributed by atoms with E-state index in [-0.39, 0.29) is 22.7 Å². The molecule has 1 saturated heterocycles. The van der Waals surface area contributed by atoms with Crippen LogP contribution in [0.1, 0.15) is 43.4 Å². The minimum atomic E-state index is -0.409. The molecule has 0 unspecified atom stereocenters. The lowest BCUT2D eigenvalue weighted by Gasteiger charge is -2.26. The van der Waals surface area contributed by atoms with Gasteiger partial charge < -0.3 is 19.9 Å². The van der Waals surface area contributed by atoms with Gasteiger partial charge in [-0.1, -0.05) is 61.9 Å². The maximum absolute atomic E-state index is 13.2. The Kier molecular flexibility index (Phi) is 8.97. The van der Waals surface area contributed by atoms with Crippen molar-refractivity contribution >= 4 is 50.0 Å². The van der Waals surface area contributed by atoms with Crippen LogP contribution >= 0.6 is 22.9 Å². The van der Waals surface area contributed by atoms with Crippen molar-refractivity contribution in [3.05, 3.63) is 94.4 Å². The summed E-state index contributed by atoms with van der Waals surface area (Å²) in [5, 5.41) is 20.7. The van der Waals surface area contributed by atoms with Crippen LogP contribution in [0.25, 0.3) is 20.9 Å². The van der Waals surface area contributed by atoms with Gasteiger partial charge in [0.05, 0.1) is 51.2 Å². The maximum Gasteiger partial charge on any atom is 0.320 e. The van der Waals surface area contributed by atoms with Crippen molar-refractivity contribution in [2.75, 3.05) is 31.6 Å². The number of carbonyl (C=O) groups is 1. The number of morpholine rings is 1. The Bertz CT molecular complexity index is 2160. The van der Waals surface area contributed by atoms with Gasteiger partial charge in [0.1, 0.15) is 23.1 Å². The summed E-state index contributed by atoms with van der Waals surface area (Å²) in [6.07, 6.45) is 0. The maximum atomic E-state index is 13.2. The molecule has 1 fully saturated rings. The molecule has 7 rings (SSSR count). The Morgan fingerprint density at radius 3 is 2.65 bits per heavy atom. The summed E-state index contributed by atoms with van der Waals surface area (Å²) in [6.45, 7) is 12.6. The average molecular weight is 700 g/mol. The van der Waals surface area contributed by atoms with Gasteiger partial charge >= 0.3 is 6.03 Å². The highest BCUT2D eigenvalue weighted by Gasteiger charge is 2.23. The Morgan fingerprint density at radius 1 is 1.08 bits per heavy atom. The number of nitrogens with zero attached hydrogens (tertiary/aromatic N) is 5. The number of benzene rings is 3. The molecule has 2 amide bonds. The van der Waals surface area contributed by atoms with E-state index in [0.717, 1.165) is 65.0 Å². The van der Waals surface area contributed by atoms with Crippen LogP contribution in [0.15, 0.2) is 66.7 Å². The van der Waals surface area contributed by atoms with Crippen LogP contribution in [-0.4, -0.2) is 61.5 Å². The van der Waals surface area contributed by atoms with Crippen molar-refractivity contribution in [2.24, 2.45) is 0 Å². The molecule has 0 bridgehead atoms. The Balaban J connectivity index is 1.07. The van der Waals surface area contributed by atoms with E-state index in [4.69, 9.17) is 31.2 Å². The molecule has 0 saturated carbocycles. The van der Waals surface area contributed by atoms with E-state index >= 15 is 0 Å². The van der Waals surface area contributed by atoms with E-state index < -0.39 is 6.03 Å². The quantitative estimate of drug-likeness (QED) is 0.149. The summed E-state index contributed by atoms with van der Waals surface area (Å²) in [7, 11) is 0. The third-order valence-electron chi connectivity index (χ3n) is 8.53. The van der Waals surface area contributed by atoms with Crippen molar-refractivity contribution in [2.45, 2.75) is 46.2 Å². The highest BCUT2D eigenvalue weighted by molar-refractivity contribution is 7.23. The summed E-state index contributed by atoms with van der Waals surface area (Å²) >= 11 is 7.83. The summed E-state index contributed by atoms with van der Waals surface area (Å²) < 4.78 is 16.9. The highest BCUT2D eigenvalue weighted by atomic mass is 35.5. The second kappa shape index (κ2) is 13.4.